The summed E-state index contributed by atoms with van der Waals surface area (Å²) in [6.07, 6.45) is 0.484. The third-order valence-electron chi connectivity index (χ3n) is 2.75. The van der Waals surface area contributed by atoms with Crippen LogP contribution in [-0.4, -0.2) is 61.0 Å². The lowest BCUT2D eigenvalue weighted by molar-refractivity contribution is 0.0481. The van der Waals surface area contributed by atoms with Gasteiger partial charge in [-0.25, -0.2) is 9.59 Å². The van der Waals surface area contributed by atoms with Gasteiger partial charge in [-0.1, -0.05) is 13.3 Å². The number of ether oxygens (including phenoxy) is 1. The van der Waals surface area contributed by atoms with Gasteiger partial charge in [0.25, 0.3) is 0 Å². The van der Waals surface area contributed by atoms with E-state index >= 15 is 0 Å². The fraction of sp³-hybridized carbons (Fsp3) is 0.500. The van der Waals surface area contributed by atoms with Crippen LogP contribution in [-0.2, 0) is 4.74 Å². The monoisotopic (exact) mass is 326 g/mol. The second-order valence-electron chi connectivity index (χ2n) is 5.08. The fourth-order valence-corrected chi connectivity index (χ4v) is 1.54. The highest BCUT2D eigenvalue weighted by atomic mass is 16.6. The highest BCUT2D eigenvalue weighted by Crippen LogP contribution is 2.10. The standard InChI is InChI=1S/C15H24N2O2.CH2O3/c1-4-5-10-16-14-8-6-13(7-9-14)15(18)19-12-11-17(2)3;2-1(3)4/h6-9,16H,4-5,10-12H2,1-3H3;(H2,2,3,4). The topological polar surface area (TPSA) is 99.1 Å². The summed E-state index contributed by atoms with van der Waals surface area (Å²) in [6, 6.07) is 7.43. The van der Waals surface area contributed by atoms with Gasteiger partial charge in [0.1, 0.15) is 6.61 Å². The Bertz CT molecular complexity index is 456. The average Bonchev–Trinajstić information content (AvgIpc) is 2.47. The molecule has 1 aromatic carbocycles. The normalized spacial score (nSPS) is 9.74. The van der Waals surface area contributed by atoms with E-state index in [9.17, 15) is 4.79 Å². The molecule has 130 valence electrons. The van der Waals surface area contributed by atoms with Gasteiger partial charge in [0.05, 0.1) is 5.56 Å². The molecule has 0 fully saturated rings. The molecule has 0 aliphatic carbocycles. The van der Waals surface area contributed by atoms with Crippen molar-refractivity contribution in [3.05, 3.63) is 29.8 Å². The summed E-state index contributed by atoms with van der Waals surface area (Å²) in [5, 5.41) is 17.3. The van der Waals surface area contributed by atoms with Crippen LogP contribution in [0.15, 0.2) is 24.3 Å². The Morgan fingerprint density at radius 1 is 1.17 bits per heavy atom. The number of likely N-dealkylation sites (N-methyl/N-ethyl adjacent to an activating group) is 1. The molecule has 0 heterocycles. The molecule has 3 N–H and O–H groups in total. The van der Waals surface area contributed by atoms with Crippen LogP contribution in [0.4, 0.5) is 10.5 Å². The van der Waals surface area contributed by atoms with E-state index in [2.05, 4.69) is 12.2 Å². The van der Waals surface area contributed by atoms with Crippen molar-refractivity contribution in [1.82, 2.24) is 4.90 Å². The molecule has 0 aliphatic rings. The van der Waals surface area contributed by atoms with Crippen LogP contribution in [0.5, 0.6) is 0 Å². The average molecular weight is 326 g/mol. The second-order valence-corrected chi connectivity index (χ2v) is 5.08. The number of hydrogen-bond acceptors (Lipinski definition) is 5. The molecule has 0 aromatic heterocycles. The van der Waals surface area contributed by atoms with Crippen LogP contribution in [0.2, 0.25) is 0 Å². The van der Waals surface area contributed by atoms with Crippen molar-refractivity contribution < 1.29 is 24.5 Å². The van der Waals surface area contributed by atoms with Gasteiger partial charge in [-0.05, 0) is 44.8 Å². The Hall–Kier alpha value is -2.28. The number of nitrogens with one attached hydrogen (secondary N) is 1. The molecular weight excluding hydrogens is 300 g/mol. The quantitative estimate of drug-likeness (QED) is 0.499. The molecule has 0 amide bonds. The maximum absolute atomic E-state index is 11.7. The highest BCUT2D eigenvalue weighted by molar-refractivity contribution is 5.89. The van der Waals surface area contributed by atoms with Crippen LogP contribution >= 0.6 is 0 Å². The van der Waals surface area contributed by atoms with Gasteiger partial charge in [-0.3, -0.25) is 0 Å². The largest absolute Gasteiger partial charge is 0.503 e. The van der Waals surface area contributed by atoms with Gasteiger partial charge in [0.2, 0.25) is 0 Å². The van der Waals surface area contributed by atoms with Crippen molar-refractivity contribution in [3.8, 4) is 0 Å². The Balaban J connectivity index is 0.00000108. The lowest BCUT2D eigenvalue weighted by Gasteiger charge is -2.10. The van der Waals surface area contributed by atoms with E-state index in [0.29, 0.717) is 12.2 Å². The van der Waals surface area contributed by atoms with Crippen LogP contribution in [0, 0.1) is 0 Å². The molecule has 0 aliphatic heterocycles. The molecule has 1 aromatic rings. The Morgan fingerprint density at radius 3 is 2.22 bits per heavy atom. The number of carbonyl (C=O) groups is 2. The summed E-state index contributed by atoms with van der Waals surface area (Å²) in [7, 11) is 3.90. The van der Waals surface area contributed by atoms with E-state index in [1.807, 2.05) is 31.1 Å². The van der Waals surface area contributed by atoms with E-state index in [-0.39, 0.29) is 5.97 Å². The molecule has 0 saturated carbocycles. The molecule has 7 heteroatoms. The van der Waals surface area contributed by atoms with E-state index in [4.69, 9.17) is 19.7 Å². The SMILES string of the molecule is CCCCNc1ccc(C(=O)OCCN(C)C)cc1.O=C(O)O. The molecule has 0 atom stereocenters. The number of carboxylic acid groups (broad SMARTS) is 2. The Kier molecular flexibility index (Phi) is 11.1. The van der Waals surface area contributed by atoms with Gasteiger partial charge >= 0.3 is 12.1 Å². The van der Waals surface area contributed by atoms with E-state index in [0.717, 1.165) is 25.2 Å². The maximum atomic E-state index is 11.7. The van der Waals surface area contributed by atoms with Crippen molar-refractivity contribution in [1.29, 1.82) is 0 Å². The number of anilines is 1. The van der Waals surface area contributed by atoms with E-state index in [1.165, 1.54) is 6.42 Å². The Labute approximate surface area is 136 Å². The van der Waals surface area contributed by atoms with Crippen molar-refractivity contribution >= 4 is 17.8 Å². The summed E-state index contributed by atoms with van der Waals surface area (Å²) < 4.78 is 5.18. The van der Waals surface area contributed by atoms with Crippen LogP contribution < -0.4 is 5.32 Å². The molecular formula is C16H26N2O5. The molecule has 0 spiro atoms. The summed E-state index contributed by atoms with van der Waals surface area (Å²) in [5.74, 6) is -0.262. The number of carbonyl (C=O) groups excluding carboxylic acids is 1. The number of esters is 1. The first-order valence-electron chi connectivity index (χ1n) is 7.44. The predicted octanol–water partition coefficient (Wildman–Crippen LogP) is 2.84. The predicted molar refractivity (Wildman–Crippen MR) is 89.3 cm³/mol. The molecule has 0 radical (unpaired) electrons. The lowest BCUT2D eigenvalue weighted by atomic mass is 10.2. The van der Waals surface area contributed by atoms with Crippen LogP contribution in [0.25, 0.3) is 0 Å². The van der Waals surface area contributed by atoms with E-state index < -0.39 is 6.16 Å². The summed E-state index contributed by atoms with van der Waals surface area (Å²) in [6.45, 7) is 4.28. The number of nitrogens with zero attached hydrogens (tertiary/aromatic N) is 1. The van der Waals surface area contributed by atoms with Gasteiger partial charge < -0.3 is 25.2 Å². The fourth-order valence-electron chi connectivity index (χ4n) is 1.54. The number of rotatable bonds is 8. The molecule has 23 heavy (non-hydrogen) atoms. The minimum atomic E-state index is -1.83. The number of hydrogen-bond donors (Lipinski definition) is 3. The van der Waals surface area contributed by atoms with E-state index in [1.54, 1.807) is 12.1 Å². The number of unbranched alkanes of at least 4 members (excludes halogenated alkanes) is 1. The number of benzene rings is 1. The minimum Gasteiger partial charge on any atom is -0.461 e. The van der Waals surface area contributed by atoms with Gasteiger partial charge in [0.15, 0.2) is 0 Å². The summed E-state index contributed by atoms with van der Waals surface area (Å²) in [5.41, 5.74) is 1.64. The minimum absolute atomic E-state index is 0.262. The Morgan fingerprint density at radius 2 is 1.74 bits per heavy atom. The van der Waals surface area contributed by atoms with Crippen molar-refractivity contribution in [2.75, 3.05) is 39.1 Å². The summed E-state index contributed by atoms with van der Waals surface area (Å²) in [4.78, 5) is 22.3. The smallest absolute Gasteiger partial charge is 0.461 e. The molecule has 1 rings (SSSR count). The highest BCUT2D eigenvalue weighted by Gasteiger charge is 2.06. The zero-order valence-corrected chi connectivity index (χ0v) is 13.9. The van der Waals surface area contributed by atoms with Gasteiger partial charge in [0, 0.05) is 18.8 Å². The molecule has 0 unspecified atom stereocenters. The molecule has 0 saturated heterocycles. The zero-order valence-electron chi connectivity index (χ0n) is 13.9. The lowest BCUT2D eigenvalue weighted by Crippen LogP contribution is -2.20. The maximum Gasteiger partial charge on any atom is 0.503 e. The zero-order chi connectivity index (χ0) is 17.7. The molecule has 0 bridgehead atoms. The first kappa shape index (κ1) is 20.7. The first-order chi connectivity index (χ1) is 10.9. The van der Waals surface area contributed by atoms with Crippen LogP contribution in [0.3, 0.4) is 0 Å². The van der Waals surface area contributed by atoms with Crippen LogP contribution in [0.1, 0.15) is 30.1 Å². The third-order valence-corrected chi connectivity index (χ3v) is 2.75. The second kappa shape index (κ2) is 12.3. The summed E-state index contributed by atoms with van der Waals surface area (Å²) >= 11 is 0. The van der Waals surface area contributed by atoms with Gasteiger partial charge in [-0.15, -0.1) is 0 Å². The third kappa shape index (κ3) is 12.0. The first-order valence-corrected chi connectivity index (χ1v) is 7.44. The van der Waals surface area contributed by atoms with Crippen molar-refractivity contribution in [2.45, 2.75) is 19.8 Å². The van der Waals surface area contributed by atoms with Crippen molar-refractivity contribution in [3.63, 3.8) is 0 Å². The van der Waals surface area contributed by atoms with Crippen molar-refractivity contribution in [2.24, 2.45) is 0 Å². The van der Waals surface area contributed by atoms with Gasteiger partial charge in [-0.2, -0.15) is 0 Å². The molecule has 7 nitrogen and oxygen atoms in total.